The van der Waals surface area contributed by atoms with E-state index in [4.69, 9.17) is 5.11 Å². The monoisotopic (exact) mass is 292 g/mol. The Bertz CT molecular complexity index is 496. The number of sulfonamides is 1. The number of nitrogens with one attached hydrogen (secondary N) is 2. The lowest BCUT2D eigenvalue weighted by molar-refractivity contribution is 0.0697. The molecular formula is C10H16N2O4S2. The van der Waals surface area contributed by atoms with Gasteiger partial charge in [0.25, 0.3) is 0 Å². The first-order valence-corrected chi connectivity index (χ1v) is 8.11. The summed E-state index contributed by atoms with van der Waals surface area (Å²) in [6, 6.07) is 1.63. The van der Waals surface area contributed by atoms with Gasteiger partial charge in [-0.2, -0.15) is 0 Å². The van der Waals surface area contributed by atoms with Gasteiger partial charge in [-0.25, -0.2) is 17.9 Å². The van der Waals surface area contributed by atoms with Gasteiger partial charge in [0.05, 0.1) is 11.8 Å². The fraction of sp³-hybridized carbons (Fsp3) is 0.500. The third-order valence-electron chi connectivity index (χ3n) is 2.09. The largest absolute Gasteiger partial charge is 0.478 e. The van der Waals surface area contributed by atoms with Crippen molar-refractivity contribution in [3.8, 4) is 0 Å². The molecule has 0 amide bonds. The van der Waals surface area contributed by atoms with Crippen molar-refractivity contribution in [2.24, 2.45) is 0 Å². The van der Waals surface area contributed by atoms with Crippen LogP contribution >= 0.6 is 11.3 Å². The topological polar surface area (TPSA) is 95.5 Å². The molecule has 6 nitrogen and oxygen atoms in total. The van der Waals surface area contributed by atoms with Crippen molar-refractivity contribution in [1.29, 1.82) is 0 Å². The lowest BCUT2D eigenvalue weighted by atomic mass is 10.3. The number of hydrogen-bond acceptors (Lipinski definition) is 5. The fourth-order valence-corrected chi connectivity index (χ4v) is 2.61. The molecule has 1 rings (SSSR count). The lowest BCUT2D eigenvalue weighted by Crippen LogP contribution is -2.26. The van der Waals surface area contributed by atoms with Crippen molar-refractivity contribution >= 4 is 27.3 Å². The van der Waals surface area contributed by atoms with Gasteiger partial charge in [0.2, 0.25) is 10.0 Å². The average Bonchev–Trinajstić information content (AvgIpc) is 2.70. The summed E-state index contributed by atoms with van der Waals surface area (Å²) in [5.74, 6) is -0.921. The van der Waals surface area contributed by atoms with Crippen molar-refractivity contribution in [3.05, 3.63) is 21.9 Å². The van der Waals surface area contributed by atoms with Gasteiger partial charge in [-0.1, -0.05) is 0 Å². The zero-order valence-corrected chi connectivity index (χ0v) is 11.6. The summed E-state index contributed by atoms with van der Waals surface area (Å²) in [4.78, 5) is 11.6. The molecule has 0 atom stereocenters. The highest BCUT2D eigenvalue weighted by Gasteiger charge is 2.05. The Morgan fingerprint density at radius 2 is 2.17 bits per heavy atom. The van der Waals surface area contributed by atoms with Crippen LogP contribution in [-0.2, 0) is 16.6 Å². The second kappa shape index (κ2) is 6.83. The van der Waals surface area contributed by atoms with Crippen molar-refractivity contribution in [1.82, 2.24) is 10.0 Å². The minimum Gasteiger partial charge on any atom is -0.478 e. The minimum atomic E-state index is -3.11. The van der Waals surface area contributed by atoms with Gasteiger partial charge < -0.3 is 10.4 Å². The minimum absolute atomic E-state index is 0.301. The summed E-state index contributed by atoms with van der Waals surface area (Å²) in [6.45, 7) is 1.66. The predicted octanol–water partition coefficient (Wildman–Crippen LogP) is 0.475. The summed E-state index contributed by atoms with van der Waals surface area (Å²) >= 11 is 1.39. The van der Waals surface area contributed by atoms with Crippen LogP contribution in [0.15, 0.2) is 11.4 Å². The summed E-state index contributed by atoms with van der Waals surface area (Å²) in [5.41, 5.74) is 0.301. The number of aromatic carboxylic acids is 1. The highest BCUT2D eigenvalue weighted by Crippen LogP contribution is 2.14. The number of carbonyl (C=O) groups is 1. The maximum Gasteiger partial charge on any atom is 0.336 e. The van der Waals surface area contributed by atoms with Crippen LogP contribution in [0.25, 0.3) is 0 Å². The molecule has 1 aromatic rings. The molecule has 0 aliphatic carbocycles. The molecule has 0 fully saturated rings. The van der Waals surface area contributed by atoms with E-state index in [1.807, 2.05) is 0 Å². The van der Waals surface area contributed by atoms with Crippen LogP contribution in [0.1, 0.15) is 21.7 Å². The van der Waals surface area contributed by atoms with Crippen LogP contribution < -0.4 is 10.0 Å². The molecule has 3 N–H and O–H groups in total. The molecule has 0 spiro atoms. The van der Waals surface area contributed by atoms with E-state index >= 15 is 0 Å². The van der Waals surface area contributed by atoms with Gasteiger partial charge in [0.1, 0.15) is 0 Å². The maximum absolute atomic E-state index is 10.8. The Kier molecular flexibility index (Phi) is 5.73. The van der Waals surface area contributed by atoms with E-state index < -0.39 is 16.0 Å². The van der Waals surface area contributed by atoms with Crippen molar-refractivity contribution < 1.29 is 18.3 Å². The molecule has 0 saturated heterocycles. The quantitative estimate of drug-likeness (QED) is 0.606. The van der Waals surface area contributed by atoms with Crippen LogP contribution in [0.5, 0.6) is 0 Å². The molecule has 0 aromatic carbocycles. The zero-order valence-electron chi connectivity index (χ0n) is 9.97. The number of carboxylic acids is 1. The molecule has 0 bridgehead atoms. The van der Waals surface area contributed by atoms with Crippen LogP contribution in [0, 0.1) is 0 Å². The summed E-state index contributed by atoms with van der Waals surface area (Å²) in [6.07, 6.45) is 1.81. The van der Waals surface area contributed by atoms with E-state index in [0.717, 1.165) is 11.1 Å². The third-order valence-corrected chi connectivity index (χ3v) is 3.76. The first-order valence-electron chi connectivity index (χ1n) is 5.34. The van der Waals surface area contributed by atoms with Gasteiger partial charge >= 0.3 is 5.97 Å². The second-order valence-electron chi connectivity index (χ2n) is 3.80. The molecule has 0 aliphatic rings. The van der Waals surface area contributed by atoms with Crippen LogP contribution in [-0.4, -0.2) is 38.8 Å². The Hall–Kier alpha value is -0.960. The van der Waals surface area contributed by atoms with E-state index in [1.165, 1.54) is 11.3 Å². The van der Waals surface area contributed by atoms with Gasteiger partial charge in [-0.05, 0) is 19.0 Å². The molecular weight excluding hydrogens is 276 g/mol. The van der Waals surface area contributed by atoms with Crippen molar-refractivity contribution in [2.45, 2.75) is 13.0 Å². The van der Waals surface area contributed by atoms with Crippen LogP contribution in [0.3, 0.4) is 0 Å². The molecule has 0 aliphatic heterocycles. The Balaban J connectivity index is 2.16. The van der Waals surface area contributed by atoms with E-state index in [9.17, 15) is 13.2 Å². The van der Waals surface area contributed by atoms with E-state index in [0.29, 0.717) is 31.6 Å². The molecule has 1 heterocycles. The van der Waals surface area contributed by atoms with Crippen molar-refractivity contribution in [2.75, 3.05) is 19.3 Å². The molecule has 0 saturated carbocycles. The number of thiophene rings is 1. The summed E-state index contributed by atoms with van der Waals surface area (Å²) in [5, 5.41) is 13.5. The van der Waals surface area contributed by atoms with Gasteiger partial charge in [-0.15, -0.1) is 11.3 Å². The molecule has 0 radical (unpaired) electrons. The van der Waals surface area contributed by atoms with Crippen molar-refractivity contribution in [3.63, 3.8) is 0 Å². The number of rotatable bonds is 8. The van der Waals surface area contributed by atoms with Gasteiger partial charge in [0.15, 0.2) is 0 Å². The zero-order chi connectivity index (χ0) is 13.6. The average molecular weight is 292 g/mol. The number of hydrogen-bond donors (Lipinski definition) is 3. The van der Waals surface area contributed by atoms with Gasteiger partial charge in [0, 0.05) is 23.3 Å². The molecule has 1 aromatic heterocycles. The molecule has 102 valence electrons. The summed E-state index contributed by atoms with van der Waals surface area (Å²) in [7, 11) is -3.11. The highest BCUT2D eigenvalue weighted by molar-refractivity contribution is 7.88. The first-order chi connectivity index (χ1) is 8.38. The van der Waals surface area contributed by atoms with E-state index in [1.54, 1.807) is 11.4 Å². The summed E-state index contributed by atoms with van der Waals surface area (Å²) < 4.78 is 23.9. The Morgan fingerprint density at radius 3 is 2.72 bits per heavy atom. The molecule has 0 unspecified atom stereocenters. The standard InChI is InChI=1S/C10H16N2O4S2/c1-18(15,16)12-4-2-3-11-6-9-5-8(7-17-9)10(13)14/h5,7,11-12H,2-4,6H2,1H3,(H,13,14). The SMILES string of the molecule is CS(=O)(=O)NCCCNCc1cc(C(=O)O)cs1. The molecule has 8 heteroatoms. The molecule has 18 heavy (non-hydrogen) atoms. The highest BCUT2D eigenvalue weighted by atomic mass is 32.2. The predicted molar refractivity (Wildman–Crippen MR) is 70.4 cm³/mol. The second-order valence-corrected chi connectivity index (χ2v) is 6.63. The van der Waals surface area contributed by atoms with Crippen LogP contribution in [0.2, 0.25) is 0 Å². The number of carboxylic acid groups (broad SMARTS) is 1. The fourth-order valence-electron chi connectivity index (χ4n) is 1.27. The Morgan fingerprint density at radius 1 is 1.44 bits per heavy atom. The Labute approximate surface area is 110 Å². The smallest absolute Gasteiger partial charge is 0.336 e. The first kappa shape index (κ1) is 15.1. The third kappa shape index (κ3) is 6.10. The van der Waals surface area contributed by atoms with E-state index in [2.05, 4.69) is 10.0 Å². The van der Waals surface area contributed by atoms with Gasteiger partial charge in [-0.3, -0.25) is 0 Å². The normalized spacial score (nSPS) is 11.6. The maximum atomic E-state index is 10.8. The van der Waals surface area contributed by atoms with Crippen LogP contribution in [0.4, 0.5) is 0 Å². The lowest BCUT2D eigenvalue weighted by Gasteiger charge is -2.03. The van der Waals surface area contributed by atoms with E-state index in [-0.39, 0.29) is 0 Å².